The molecule has 78 valence electrons. The summed E-state index contributed by atoms with van der Waals surface area (Å²) in [6.45, 7) is 3.44. The number of aromatic nitrogens is 1. The Hall–Kier alpha value is -1.29. The first-order chi connectivity index (χ1) is 6.13. The molecule has 5 heteroatoms. The van der Waals surface area contributed by atoms with Crippen LogP contribution in [-0.2, 0) is 11.2 Å². The van der Waals surface area contributed by atoms with Gasteiger partial charge in [0.2, 0.25) is 5.91 Å². The normalized spacial score (nSPS) is 9.00. The van der Waals surface area contributed by atoms with Gasteiger partial charge in [0, 0.05) is 24.9 Å². The maximum atomic E-state index is 10.7. The Labute approximate surface area is 89.3 Å². The summed E-state index contributed by atoms with van der Waals surface area (Å²) in [6, 6.07) is 1.67. The maximum Gasteiger partial charge on any atom is 0.222 e. The minimum absolute atomic E-state index is 0. The predicted molar refractivity (Wildman–Crippen MR) is 59.6 cm³/mol. The fourth-order valence-electron chi connectivity index (χ4n) is 1.04. The molecule has 1 heterocycles. The molecule has 1 aromatic heterocycles. The smallest absolute Gasteiger partial charge is 0.222 e. The molecule has 0 saturated heterocycles. The van der Waals surface area contributed by atoms with Crippen molar-refractivity contribution in [1.82, 2.24) is 4.98 Å². The highest BCUT2D eigenvalue weighted by atomic mass is 35.5. The molecule has 0 aliphatic heterocycles. The van der Waals surface area contributed by atoms with Gasteiger partial charge in [0.05, 0.1) is 0 Å². The van der Waals surface area contributed by atoms with Crippen molar-refractivity contribution in [2.24, 2.45) is 0 Å². The van der Waals surface area contributed by atoms with E-state index < -0.39 is 0 Å². The SMILES string of the molecule is CCc1cnc(NC(C)=O)cc1N.Cl. The van der Waals surface area contributed by atoms with Crippen LogP contribution in [0.15, 0.2) is 12.3 Å². The van der Waals surface area contributed by atoms with Crippen LogP contribution in [0.5, 0.6) is 0 Å². The summed E-state index contributed by atoms with van der Waals surface area (Å²) in [7, 11) is 0. The number of carbonyl (C=O) groups excluding carboxylic acids is 1. The van der Waals surface area contributed by atoms with Gasteiger partial charge < -0.3 is 11.1 Å². The molecular formula is C9H14ClN3O. The van der Waals surface area contributed by atoms with Crippen LogP contribution in [-0.4, -0.2) is 10.9 Å². The zero-order valence-corrected chi connectivity index (χ0v) is 9.02. The van der Waals surface area contributed by atoms with Crippen LogP contribution in [0.3, 0.4) is 0 Å². The van der Waals surface area contributed by atoms with Crippen LogP contribution in [0.25, 0.3) is 0 Å². The lowest BCUT2D eigenvalue weighted by Crippen LogP contribution is -2.08. The van der Waals surface area contributed by atoms with Crippen LogP contribution in [0, 0.1) is 0 Å². The molecule has 0 aliphatic carbocycles. The Morgan fingerprint density at radius 2 is 2.29 bits per heavy atom. The third kappa shape index (κ3) is 3.22. The zero-order chi connectivity index (χ0) is 9.84. The summed E-state index contributed by atoms with van der Waals surface area (Å²) >= 11 is 0. The number of hydrogen-bond donors (Lipinski definition) is 2. The van der Waals surface area contributed by atoms with Crippen LogP contribution in [0.2, 0.25) is 0 Å². The summed E-state index contributed by atoms with van der Waals surface area (Å²) in [6.07, 6.45) is 2.53. The monoisotopic (exact) mass is 215 g/mol. The summed E-state index contributed by atoms with van der Waals surface area (Å²) in [5.41, 5.74) is 7.38. The van der Waals surface area contributed by atoms with Gasteiger partial charge in [0.1, 0.15) is 5.82 Å². The number of hydrogen-bond acceptors (Lipinski definition) is 3. The number of halogens is 1. The molecule has 3 N–H and O–H groups in total. The topological polar surface area (TPSA) is 68.0 Å². The molecule has 0 aliphatic rings. The number of anilines is 2. The Morgan fingerprint density at radius 3 is 2.71 bits per heavy atom. The van der Waals surface area contributed by atoms with Crippen LogP contribution in [0.4, 0.5) is 11.5 Å². The van der Waals surface area contributed by atoms with Gasteiger partial charge in [0.15, 0.2) is 0 Å². The molecular weight excluding hydrogens is 202 g/mol. The van der Waals surface area contributed by atoms with Gasteiger partial charge in [-0.1, -0.05) is 6.92 Å². The van der Waals surface area contributed by atoms with E-state index in [9.17, 15) is 4.79 Å². The summed E-state index contributed by atoms with van der Waals surface area (Å²) in [5, 5.41) is 2.57. The average molecular weight is 216 g/mol. The average Bonchev–Trinajstić information content (AvgIpc) is 2.03. The Bertz CT molecular complexity index is 328. The number of nitrogen functional groups attached to an aromatic ring is 1. The molecule has 0 radical (unpaired) electrons. The number of pyridine rings is 1. The molecule has 0 bridgehead atoms. The lowest BCUT2D eigenvalue weighted by molar-refractivity contribution is -0.114. The van der Waals surface area contributed by atoms with Crippen molar-refractivity contribution in [3.63, 3.8) is 0 Å². The largest absolute Gasteiger partial charge is 0.398 e. The van der Waals surface area contributed by atoms with Gasteiger partial charge in [-0.2, -0.15) is 0 Å². The second kappa shape index (κ2) is 5.44. The van der Waals surface area contributed by atoms with E-state index in [1.54, 1.807) is 12.3 Å². The lowest BCUT2D eigenvalue weighted by Gasteiger charge is -2.05. The first-order valence-electron chi connectivity index (χ1n) is 4.15. The molecule has 1 aromatic rings. The van der Waals surface area contributed by atoms with Crippen molar-refractivity contribution < 1.29 is 4.79 Å². The fraction of sp³-hybridized carbons (Fsp3) is 0.333. The molecule has 0 unspecified atom stereocenters. The molecule has 4 nitrogen and oxygen atoms in total. The quantitative estimate of drug-likeness (QED) is 0.788. The zero-order valence-electron chi connectivity index (χ0n) is 8.20. The second-order valence-electron chi connectivity index (χ2n) is 2.80. The highest BCUT2D eigenvalue weighted by molar-refractivity contribution is 5.88. The van der Waals surface area contributed by atoms with E-state index in [1.807, 2.05) is 6.92 Å². The van der Waals surface area contributed by atoms with E-state index in [0.29, 0.717) is 11.5 Å². The number of aryl methyl sites for hydroxylation is 1. The van der Waals surface area contributed by atoms with Crippen molar-refractivity contribution in [3.05, 3.63) is 17.8 Å². The number of nitrogens with two attached hydrogens (primary N) is 1. The van der Waals surface area contributed by atoms with Crippen molar-refractivity contribution in [3.8, 4) is 0 Å². The van der Waals surface area contributed by atoms with Crippen molar-refractivity contribution in [1.29, 1.82) is 0 Å². The molecule has 1 amide bonds. The molecule has 1 rings (SSSR count). The highest BCUT2D eigenvalue weighted by Crippen LogP contribution is 2.14. The van der Waals surface area contributed by atoms with E-state index in [0.717, 1.165) is 12.0 Å². The Kier molecular flexibility index (Phi) is 4.94. The second-order valence-corrected chi connectivity index (χ2v) is 2.80. The Morgan fingerprint density at radius 1 is 1.64 bits per heavy atom. The number of nitrogens with zero attached hydrogens (tertiary/aromatic N) is 1. The standard InChI is InChI=1S/C9H13N3O.ClH/c1-3-7-5-11-9(4-8(7)10)12-6(2)13;/h4-5H,3H2,1-2H3,(H3,10,11,12,13);1H. The van der Waals surface area contributed by atoms with Crippen LogP contribution < -0.4 is 11.1 Å². The minimum atomic E-state index is -0.142. The van der Waals surface area contributed by atoms with Gasteiger partial charge in [-0.25, -0.2) is 4.98 Å². The van der Waals surface area contributed by atoms with Gasteiger partial charge in [0.25, 0.3) is 0 Å². The van der Waals surface area contributed by atoms with Crippen LogP contribution >= 0.6 is 12.4 Å². The first-order valence-corrected chi connectivity index (χ1v) is 4.15. The molecule has 0 aromatic carbocycles. The van der Waals surface area contributed by atoms with E-state index >= 15 is 0 Å². The number of amides is 1. The highest BCUT2D eigenvalue weighted by Gasteiger charge is 2.01. The predicted octanol–water partition coefficient (Wildman–Crippen LogP) is 1.61. The summed E-state index contributed by atoms with van der Waals surface area (Å²) in [5.74, 6) is 0.360. The molecule has 0 atom stereocenters. The number of rotatable bonds is 2. The van der Waals surface area contributed by atoms with Gasteiger partial charge >= 0.3 is 0 Å². The maximum absolute atomic E-state index is 10.7. The fourth-order valence-corrected chi connectivity index (χ4v) is 1.04. The van der Waals surface area contributed by atoms with Crippen molar-refractivity contribution >= 4 is 29.8 Å². The summed E-state index contributed by atoms with van der Waals surface area (Å²) < 4.78 is 0. The molecule has 0 saturated carbocycles. The van der Waals surface area contributed by atoms with E-state index in [4.69, 9.17) is 5.73 Å². The van der Waals surface area contributed by atoms with Crippen LogP contribution in [0.1, 0.15) is 19.4 Å². The molecule has 0 spiro atoms. The number of nitrogens with one attached hydrogen (secondary N) is 1. The molecule has 14 heavy (non-hydrogen) atoms. The van der Waals surface area contributed by atoms with E-state index in [2.05, 4.69) is 10.3 Å². The minimum Gasteiger partial charge on any atom is -0.398 e. The van der Waals surface area contributed by atoms with Crippen molar-refractivity contribution in [2.45, 2.75) is 20.3 Å². The van der Waals surface area contributed by atoms with Gasteiger partial charge in [-0.3, -0.25) is 4.79 Å². The molecule has 0 fully saturated rings. The Balaban J connectivity index is 0.00000169. The van der Waals surface area contributed by atoms with Gasteiger partial charge in [-0.15, -0.1) is 12.4 Å². The summed E-state index contributed by atoms with van der Waals surface area (Å²) in [4.78, 5) is 14.7. The third-order valence-corrected chi connectivity index (χ3v) is 1.71. The number of carbonyl (C=O) groups is 1. The van der Waals surface area contributed by atoms with E-state index in [-0.39, 0.29) is 18.3 Å². The van der Waals surface area contributed by atoms with Gasteiger partial charge in [-0.05, 0) is 12.0 Å². The van der Waals surface area contributed by atoms with Crippen molar-refractivity contribution in [2.75, 3.05) is 11.1 Å². The lowest BCUT2D eigenvalue weighted by atomic mass is 10.2. The third-order valence-electron chi connectivity index (χ3n) is 1.71. The first kappa shape index (κ1) is 12.7. The van der Waals surface area contributed by atoms with E-state index in [1.165, 1.54) is 6.92 Å².